The maximum absolute atomic E-state index is 12.9. The summed E-state index contributed by atoms with van der Waals surface area (Å²) < 4.78 is 65.6. The van der Waals surface area contributed by atoms with E-state index in [1.165, 1.54) is 4.31 Å². The zero-order valence-corrected chi connectivity index (χ0v) is 14.4. The van der Waals surface area contributed by atoms with E-state index in [2.05, 4.69) is 4.90 Å². The van der Waals surface area contributed by atoms with Crippen LogP contribution in [0.5, 0.6) is 0 Å². The molecule has 142 valence electrons. The zero-order valence-electron chi connectivity index (χ0n) is 13.6. The van der Waals surface area contributed by atoms with Gasteiger partial charge in [-0.05, 0) is 30.9 Å². The van der Waals surface area contributed by atoms with Gasteiger partial charge >= 0.3 is 6.18 Å². The van der Waals surface area contributed by atoms with Gasteiger partial charge in [-0.2, -0.15) is 17.5 Å². The van der Waals surface area contributed by atoms with Gasteiger partial charge in [-0.15, -0.1) is 0 Å². The molecule has 3 saturated heterocycles. The van der Waals surface area contributed by atoms with Gasteiger partial charge in [0.1, 0.15) is 0 Å². The van der Waals surface area contributed by atoms with Gasteiger partial charge in [0.15, 0.2) is 4.90 Å². The Hall–Kier alpha value is -1.72. The smallest absolute Gasteiger partial charge is 0.295 e. The summed E-state index contributed by atoms with van der Waals surface area (Å²) in [6.07, 6.45) is -3.00. The Morgan fingerprint density at radius 2 is 1.92 bits per heavy atom. The number of piperazine rings is 1. The summed E-state index contributed by atoms with van der Waals surface area (Å²) in [5, 5.41) is 11.2. The quantitative estimate of drug-likeness (QED) is 0.582. The van der Waals surface area contributed by atoms with Gasteiger partial charge in [0.25, 0.3) is 5.69 Å². The second-order valence-corrected chi connectivity index (χ2v) is 9.13. The number of sulfonamides is 1. The molecule has 2 bridgehead atoms. The van der Waals surface area contributed by atoms with E-state index in [9.17, 15) is 31.7 Å². The average molecular weight is 391 g/mol. The Morgan fingerprint density at radius 3 is 2.54 bits per heavy atom. The fraction of sp³-hybridized carbons (Fsp3) is 0.600. The molecule has 4 fully saturated rings. The van der Waals surface area contributed by atoms with Crippen LogP contribution in [0.2, 0.25) is 0 Å². The number of hydrogen-bond acceptors (Lipinski definition) is 5. The van der Waals surface area contributed by atoms with Crippen molar-refractivity contribution >= 4 is 15.7 Å². The molecule has 11 heteroatoms. The normalized spacial score (nSPS) is 29.3. The lowest BCUT2D eigenvalue weighted by molar-refractivity contribution is -0.388. The first-order chi connectivity index (χ1) is 12.0. The number of nitro benzene ring substituents is 1. The molecule has 0 amide bonds. The number of halogens is 3. The molecule has 1 aliphatic carbocycles. The topological polar surface area (TPSA) is 83.8 Å². The van der Waals surface area contributed by atoms with Crippen LogP contribution in [-0.2, 0) is 16.2 Å². The first-order valence-corrected chi connectivity index (χ1v) is 9.58. The highest BCUT2D eigenvalue weighted by Crippen LogP contribution is 2.52. The van der Waals surface area contributed by atoms with Crippen molar-refractivity contribution in [2.75, 3.05) is 26.2 Å². The third-order valence-corrected chi connectivity index (χ3v) is 7.57. The largest absolute Gasteiger partial charge is 0.416 e. The zero-order chi connectivity index (χ0) is 18.9. The SMILES string of the molecule is O=[N+]([O-])c1cc(C(F)(F)F)ccc1S(=O)(=O)N1CCN2CC3CC2(C3)C1. The van der Waals surface area contributed by atoms with Crippen molar-refractivity contribution < 1.29 is 26.5 Å². The van der Waals surface area contributed by atoms with E-state index in [1.807, 2.05) is 0 Å². The number of rotatable bonds is 3. The van der Waals surface area contributed by atoms with Crippen molar-refractivity contribution in [3.63, 3.8) is 0 Å². The van der Waals surface area contributed by atoms with Crippen molar-refractivity contribution in [3.05, 3.63) is 33.9 Å². The molecule has 1 spiro atoms. The highest BCUT2D eigenvalue weighted by atomic mass is 32.2. The van der Waals surface area contributed by atoms with E-state index in [0.717, 1.165) is 19.4 Å². The number of nitrogens with zero attached hydrogens (tertiary/aromatic N) is 3. The van der Waals surface area contributed by atoms with E-state index in [0.29, 0.717) is 24.6 Å². The van der Waals surface area contributed by atoms with Gasteiger partial charge in [-0.25, -0.2) is 8.42 Å². The molecule has 3 heterocycles. The molecule has 1 aromatic rings. The van der Waals surface area contributed by atoms with Crippen LogP contribution in [0, 0.1) is 16.0 Å². The maximum Gasteiger partial charge on any atom is 0.416 e. The van der Waals surface area contributed by atoms with Crippen LogP contribution in [0.3, 0.4) is 0 Å². The number of alkyl halides is 3. The molecule has 4 aliphatic rings. The van der Waals surface area contributed by atoms with Gasteiger partial charge in [0.05, 0.1) is 10.5 Å². The summed E-state index contributed by atoms with van der Waals surface area (Å²) in [4.78, 5) is 11.7. The molecular weight excluding hydrogens is 375 g/mol. The van der Waals surface area contributed by atoms with Crippen molar-refractivity contribution in [2.24, 2.45) is 5.92 Å². The molecule has 3 aliphatic heterocycles. The van der Waals surface area contributed by atoms with Crippen LogP contribution in [0.4, 0.5) is 18.9 Å². The second kappa shape index (κ2) is 5.40. The second-order valence-electron chi connectivity index (χ2n) is 7.22. The molecule has 1 aromatic carbocycles. The van der Waals surface area contributed by atoms with Crippen LogP contribution in [-0.4, -0.2) is 54.3 Å². The molecule has 1 saturated carbocycles. The fourth-order valence-electron chi connectivity index (χ4n) is 4.50. The molecule has 0 radical (unpaired) electrons. The molecule has 26 heavy (non-hydrogen) atoms. The minimum Gasteiger partial charge on any atom is -0.295 e. The summed E-state index contributed by atoms with van der Waals surface area (Å²) in [7, 11) is -4.25. The highest BCUT2D eigenvalue weighted by Gasteiger charge is 2.59. The molecular formula is C15H16F3N3O4S. The van der Waals surface area contributed by atoms with Gasteiger partial charge < -0.3 is 0 Å². The summed E-state index contributed by atoms with van der Waals surface area (Å²) in [5.41, 5.74) is -2.50. The monoisotopic (exact) mass is 391 g/mol. The van der Waals surface area contributed by atoms with Crippen molar-refractivity contribution in [1.82, 2.24) is 9.21 Å². The van der Waals surface area contributed by atoms with E-state index in [1.54, 1.807) is 0 Å². The van der Waals surface area contributed by atoms with Gasteiger partial charge in [-0.1, -0.05) is 0 Å². The third kappa shape index (κ3) is 2.52. The predicted molar refractivity (Wildman–Crippen MR) is 83.9 cm³/mol. The van der Waals surface area contributed by atoms with Crippen LogP contribution < -0.4 is 0 Å². The Labute approximate surface area is 147 Å². The number of nitro groups is 1. The lowest BCUT2D eigenvalue weighted by atomic mass is 9.73. The van der Waals surface area contributed by atoms with Crippen LogP contribution >= 0.6 is 0 Å². The minimum atomic E-state index is -4.79. The molecule has 0 unspecified atom stereocenters. The molecule has 0 N–H and O–H groups in total. The average Bonchev–Trinajstić information content (AvgIpc) is 3.07. The highest BCUT2D eigenvalue weighted by molar-refractivity contribution is 7.89. The van der Waals surface area contributed by atoms with E-state index in [-0.39, 0.29) is 24.7 Å². The van der Waals surface area contributed by atoms with Crippen molar-refractivity contribution in [2.45, 2.75) is 29.5 Å². The maximum atomic E-state index is 12.9. The van der Waals surface area contributed by atoms with Crippen LogP contribution in [0.25, 0.3) is 0 Å². The fourth-order valence-corrected chi connectivity index (χ4v) is 6.15. The Balaban J connectivity index is 1.71. The predicted octanol–water partition coefficient (Wildman–Crippen LogP) is 2.08. The van der Waals surface area contributed by atoms with Gasteiger partial charge in [-0.3, -0.25) is 15.0 Å². The number of hydrogen-bond donors (Lipinski definition) is 0. The lowest BCUT2D eigenvalue weighted by Gasteiger charge is -2.48. The summed E-state index contributed by atoms with van der Waals surface area (Å²) in [6, 6.07) is 1.55. The first-order valence-electron chi connectivity index (χ1n) is 8.14. The summed E-state index contributed by atoms with van der Waals surface area (Å²) in [6.45, 7) is 1.87. The minimum absolute atomic E-state index is 0.176. The Morgan fingerprint density at radius 1 is 1.23 bits per heavy atom. The molecule has 7 nitrogen and oxygen atoms in total. The van der Waals surface area contributed by atoms with E-state index in [4.69, 9.17) is 0 Å². The van der Waals surface area contributed by atoms with Crippen LogP contribution in [0.15, 0.2) is 23.1 Å². The van der Waals surface area contributed by atoms with Gasteiger partial charge in [0.2, 0.25) is 10.0 Å². The lowest BCUT2D eigenvalue weighted by Crippen LogP contribution is -2.61. The van der Waals surface area contributed by atoms with E-state index < -0.39 is 37.3 Å². The summed E-state index contributed by atoms with van der Waals surface area (Å²) in [5.74, 6) is 0.568. The molecule has 0 aromatic heterocycles. The third-order valence-electron chi connectivity index (χ3n) is 5.68. The molecule has 0 atom stereocenters. The molecule has 5 rings (SSSR count). The first kappa shape index (κ1) is 17.7. The van der Waals surface area contributed by atoms with Gasteiger partial charge in [0, 0.05) is 37.8 Å². The Bertz CT molecular complexity index is 881. The Kier molecular flexibility index (Phi) is 3.67. The van der Waals surface area contributed by atoms with E-state index >= 15 is 0 Å². The number of benzene rings is 1. The van der Waals surface area contributed by atoms with Crippen molar-refractivity contribution in [1.29, 1.82) is 0 Å². The standard InChI is InChI=1S/C15H16F3N3O4S/c16-15(17,18)11-1-2-13(12(5-11)21(22)23)26(24,25)20-4-3-19-8-10-6-14(19,7-10)9-20/h1-2,5,10H,3-4,6-9H2. The van der Waals surface area contributed by atoms with Crippen molar-refractivity contribution in [3.8, 4) is 0 Å². The summed E-state index contributed by atoms with van der Waals surface area (Å²) >= 11 is 0. The van der Waals surface area contributed by atoms with Crippen LogP contribution in [0.1, 0.15) is 18.4 Å².